The molecule has 2 heterocycles. The van der Waals surface area contributed by atoms with E-state index in [1.165, 1.54) is 12.1 Å². The molecule has 0 radical (unpaired) electrons. The zero-order valence-electron chi connectivity index (χ0n) is 16.6. The minimum atomic E-state index is -0.746. The standard InChI is InChI=1S/C24H24FNO4/c25-17-1-3-18(4-2-17)26-21-6-5-19(27)13-20(21)22(15-11-16(12-15)24(28)29)23(26)14-7-9-30-10-8-14/h1-6,13-16,27H,7-12H2,(H,28,29)/t15-,16-. The van der Waals surface area contributed by atoms with Crippen LogP contribution in [0.5, 0.6) is 5.75 Å². The number of aromatic nitrogens is 1. The van der Waals surface area contributed by atoms with Gasteiger partial charge >= 0.3 is 5.97 Å². The van der Waals surface area contributed by atoms with Gasteiger partial charge in [0.15, 0.2) is 0 Å². The number of carboxylic acid groups (broad SMARTS) is 1. The molecule has 1 saturated heterocycles. The van der Waals surface area contributed by atoms with Crippen LogP contribution in [0.4, 0.5) is 4.39 Å². The molecule has 5 rings (SSSR count). The minimum absolute atomic E-state index is 0.134. The van der Waals surface area contributed by atoms with Crippen molar-refractivity contribution in [2.75, 3.05) is 13.2 Å². The Morgan fingerprint density at radius 1 is 1.03 bits per heavy atom. The third-order valence-electron chi connectivity index (χ3n) is 6.62. The summed E-state index contributed by atoms with van der Waals surface area (Å²) >= 11 is 0. The van der Waals surface area contributed by atoms with Crippen molar-refractivity contribution in [2.45, 2.75) is 37.5 Å². The largest absolute Gasteiger partial charge is 0.508 e. The van der Waals surface area contributed by atoms with Crippen molar-refractivity contribution in [3.05, 3.63) is 59.5 Å². The second-order valence-corrected chi connectivity index (χ2v) is 8.40. The molecule has 2 aliphatic rings. The van der Waals surface area contributed by atoms with Crippen LogP contribution in [0, 0.1) is 11.7 Å². The average Bonchev–Trinajstić information content (AvgIpc) is 3.02. The number of ether oxygens (including phenoxy) is 1. The van der Waals surface area contributed by atoms with Gasteiger partial charge in [-0.1, -0.05) is 0 Å². The number of phenolic OH excluding ortho intramolecular Hbond substituents is 1. The Morgan fingerprint density at radius 3 is 2.40 bits per heavy atom. The summed E-state index contributed by atoms with van der Waals surface area (Å²) in [7, 11) is 0. The maximum absolute atomic E-state index is 13.6. The van der Waals surface area contributed by atoms with E-state index >= 15 is 0 Å². The van der Waals surface area contributed by atoms with Crippen LogP contribution in [-0.4, -0.2) is 34.0 Å². The van der Waals surface area contributed by atoms with Gasteiger partial charge in [-0.05, 0) is 79.6 Å². The Bertz CT molecular complexity index is 1090. The van der Waals surface area contributed by atoms with Crippen LogP contribution in [0.2, 0.25) is 0 Å². The van der Waals surface area contributed by atoms with Gasteiger partial charge in [-0.3, -0.25) is 4.79 Å². The van der Waals surface area contributed by atoms with E-state index in [2.05, 4.69) is 4.57 Å². The molecule has 0 spiro atoms. The van der Waals surface area contributed by atoms with Gasteiger partial charge in [-0.15, -0.1) is 0 Å². The van der Waals surface area contributed by atoms with Crippen molar-refractivity contribution < 1.29 is 24.1 Å². The number of hydrogen-bond acceptors (Lipinski definition) is 3. The molecule has 0 amide bonds. The Morgan fingerprint density at radius 2 is 1.73 bits per heavy atom. The van der Waals surface area contributed by atoms with Crippen molar-refractivity contribution in [1.29, 1.82) is 0 Å². The van der Waals surface area contributed by atoms with Gasteiger partial charge in [0.25, 0.3) is 0 Å². The van der Waals surface area contributed by atoms with Crippen LogP contribution in [0.15, 0.2) is 42.5 Å². The lowest BCUT2D eigenvalue weighted by Gasteiger charge is -2.35. The highest BCUT2D eigenvalue weighted by atomic mass is 19.1. The molecule has 30 heavy (non-hydrogen) atoms. The number of nitrogens with zero attached hydrogens (tertiary/aromatic N) is 1. The first-order chi connectivity index (χ1) is 14.5. The van der Waals surface area contributed by atoms with E-state index in [1.54, 1.807) is 24.3 Å². The summed E-state index contributed by atoms with van der Waals surface area (Å²) in [6.45, 7) is 1.37. The van der Waals surface area contributed by atoms with E-state index in [9.17, 15) is 19.4 Å². The van der Waals surface area contributed by atoms with Crippen molar-refractivity contribution in [3.8, 4) is 11.4 Å². The monoisotopic (exact) mass is 409 g/mol. The first-order valence-electron chi connectivity index (χ1n) is 10.5. The summed E-state index contributed by atoms with van der Waals surface area (Å²) in [5.74, 6) is -0.771. The van der Waals surface area contributed by atoms with E-state index in [0.29, 0.717) is 26.1 Å². The van der Waals surface area contributed by atoms with Gasteiger partial charge in [-0.25, -0.2) is 4.39 Å². The van der Waals surface area contributed by atoms with Crippen molar-refractivity contribution in [1.82, 2.24) is 4.57 Å². The fourth-order valence-corrected chi connectivity index (χ4v) is 5.05. The molecule has 2 fully saturated rings. The molecule has 0 bridgehead atoms. The number of fused-ring (bicyclic) bond motifs is 1. The van der Waals surface area contributed by atoms with Crippen LogP contribution < -0.4 is 0 Å². The molecule has 3 aromatic rings. The molecule has 1 aromatic heterocycles. The highest BCUT2D eigenvalue weighted by molar-refractivity contribution is 5.90. The van der Waals surface area contributed by atoms with E-state index < -0.39 is 5.97 Å². The Balaban J connectivity index is 1.74. The third-order valence-corrected chi connectivity index (χ3v) is 6.62. The van der Waals surface area contributed by atoms with E-state index in [0.717, 1.165) is 40.7 Å². The molecule has 1 aliphatic heterocycles. The quantitative estimate of drug-likeness (QED) is 0.640. The number of hydrogen-bond donors (Lipinski definition) is 2. The second kappa shape index (κ2) is 7.43. The number of carboxylic acids is 1. The van der Waals surface area contributed by atoms with Crippen LogP contribution >= 0.6 is 0 Å². The second-order valence-electron chi connectivity index (χ2n) is 8.40. The average molecular weight is 409 g/mol. The molecule has 156 valence electrons. The van der Waals surface area contributed by atoms with Crippen molar-refractivity contribution in [2.24, 2.45) is 5.92 Å². The molecule has 1 aliphatic carbocycles. The number of aliphatic carboxylic acids is 1. The number of rotatable bonds is 4. The van der Waals surface area contributed by atoms with Gasteiger partial charge in [-0.2, -0.15) is 0 Å². The molecule has 6 heteroatoms. The topological polar surface area (TPSA) is 71.7 Å². The van der Waals surface area contributed by atoms with Crippen molar-refractivity contribution >= 4 is 16.9 Å². The first kappa shape index (κ1) is 19.1. The zero-order chi connectivity index (χ0) is 20.8. The van der Waals surface area contributed by atoms with Gasteiger partial charge in [0.2, 0.25) is 0 Å². The fraction of sp³-hybridized carbons (Fsp3) is 0.375. The summed E-state index contributed by atoms with van der Waals surface area (Å²) < 4.78 is 21.4. The minimum Gasteiger partial charge on any atom is -0.508 e. The van der Waals surface area contributed by atoms with E-state index in [1.807, 2.05) is 6.07 Å². The summed E-state index contributed by atoms with van der Waals surface area (Å²) in [5, 5.41) is 20.6. The first-order valence-corrected chi connectivity index (χ1v) is 10.5. The zero-order valence-corrected chi connectivity index (χ0v) is 16.6. The normalized spacial score (nSPS) is 22.2. The van der Waals surface area contributed by atoms with E-state index in [4.69, 9.17) is 4.74 Å². The molecule has 1 saturated carbocycles. The molecule has 0 atom stereocenters. The number of benzene rings is 2. The fourth-order valence-electron chi connectivity index (χ4n) is 5.05. The highest BCUT2D eigenvalue weighted by Crippen LogP contribution is 2.50. The number of aromatic hydroxyl groups is 1. The Labute approximate surface area is 173 Å². The maximum Gasteiger partial charge on any atom is 0.306 e. The highest BCUT2D eigenvalue weighted by Gasteiger charge is 2.40. The summed E-state index contributed by atoms with van der Waals surface area (Å²) in [6, 6.07) is 11.8. The summed E-state index contributed by atoms with van der Waals surface area (Å²) in [4.78, 5) is 11.4. The predicted octanol–water partition coefficient (Wildman–Crippen LogP) is 4.95. The summed E-state index contributed by atoms with van der Waals surface area (Å²) in [6.07, 6.45) is 2.96. The number of phenols is 1. The van der Waals surface area contributed by atoms with E-state index in [-0.39, 0.29) is 29.3 Å². The molecule has 0 unspecified atom stereocenters. The number of halogens is 1. The van der Waals surface area contributed by atoms with Crippen LogP contribution in [0.3, 0.4) is 0 Å². The lowest BCUT2D eigenvalue weighted by molar-refractivity contribution is -0.145. The van der Waals surface area contributed by atoms with Gasteiger partial charge in [0.05, 0.1) is 11.4 Å². The third kappa shape index (κ3) is 3.16. The predicted molar refractivity (Wildman–Crippen MR) is 111 cm³/mol. The van der Waals surface area contributed by atoms with Crippen LogP contribution in [-0.2, 0) is 9.53 Å². The van der Waals surface area contributed by atoms with Crippen LogP contribution in [0.1, 0.15) is 48.8 Å². The smallest absolute Gasteiger partial charge is 0.306 e. The Hall–Kier alpha value is -2.86. The van der Waals surface area contributed by atoms with Crippen LogP contribution in [0.25, 0.3) is 16.6 Å². The van der Waals surface area contributed by atoms with Gasteiger partial charge < -0.3 is 19.5 Å². The Kier molecular flexibility index (Phi) is 4.74. The lowest BCUT2D eigenvalue weighted by atomic mass is 9.69. The number of carbonyl (C=O) groups is 1. The SMILES string of the molecule is O=C(O)[C@H]1C[C@H](c2c(C3CCOCC3)n(-c3ccc(F)cc3)c3ccc(O)cc32)C1. The lowest BCUT2D eigenvalue weighted by Crippen LogP contribution is -2.30. The van der Waals surface area contributed by atoms with Gasteiger partial charge in [0, 0.05) is 35.9 Å². The molecule has 2 N–H and O–H groups in total. The summed E-state index contributed by atoms with van der Waals surface area (Å²) in [5.41, 5.74) is 4.11. The molecule has 2 aromatic carbocycles. The molecular formula is C24H24FNO4. The molecule has 5 nitrogen and oxygen atoms in total. The van der Waals surface area contributed by atoms with Gasteiger partial charge in [0.1, 0.15) is 11.6 Å². The van der Waals surface area contributed by atoms with Crippen molar-refractivity contribution in [3.63, 3.8) is 0 Å². The maximum atomic E-state index is 13.6. The molecular weight excluding hydrogens is 385 g/mol.